The molecule has 0 spiro atoms. The minimum Gasteiger partial charge on any atom is -0.489 e. The molecule has 0 saturated carbocycles. The molecule has 11 heteroatoms. The first-order valence-electron chi connectivity index (χ1n) is 13.1. The number of ether oxygens (including phenoxy) is 2. The molecule has 1 atom stereocenters. The van der Waals surface area contributed by atoms with Gasteiger partial charge in [-0.15, -0.1) is 11.3 Å². The second kappa shape index (κ2) is 15.1. The molecule has 0 aliphatic rings. The molecule has 3 N–H and O–H groups in total. The van der Waals surface area contributed by atoms with Crippen molar-refractivity contribution in [1.29, 1.82) is 0 Å². The van der Waals surface area contributed by atoms with Gasteiger partial charge in [0.25, 0.3) is 11.8 Å². The van der Waals surface area contributed by atoms with Gasteiger partial charge in [-0.05, 0) is 60.2 Å². The quantitative estimate of drug-likeness (QED) is 0.210. The highest BCUT2D eigenvalue weighted by Crippen LogP contribution is 2.16. The van der Waals surface area contributed by atoms with Crippen molar-refractivity contribution in [3.8, 4) is 5.75 Å². The van der Waals surface area contributed by atoms with Crippen molar-refractivity contribution in [3.63, 3.8) is 0 Å². The predicted molar refractivity (Wildman–Crippen MR) is 154 cm³/mol. The fraction of sp³-hybridized carbons (Fsp3) is 0.233. The number of nitrogens with one attached hydrogen (secondary N) is 3. The summed E-state index contributed by atoms with van der Waals surface area (Å²) < 4.78 is 11.0. The number of benzene rings is 2. The Morgan fingerprint density at radius 3 is 2.46 bits per heavy atom. The van der Waals surface area contributed by atoms with Crippen molar-refractivity contribution < 1.29 is 23.9 Å². The normalized spacial score (nSPS) is 11.2. The lowest BCUT2D eigenvalue weighted by Crippen LogP contribution is -2.41. The third-order valence-corrected chi connectivity index (χ3v) is 6.89. The lowest BCUT2D eigenvalue weighted by atomic mass is 10.1. The second-order valence-corrected chi connectivity index (χ2v) is 10.2. The topological polar surface area (TPSA) is 132 Å². The molecule has 1 unspecified atom stereocenters. The first-order chi connectivity index (χ1) is 20.0. The summed E-state index contributed by atoms with van der Waals surface area (Å²) in [7, 11) is 0. The van der Waals surface area contributed by atoms with E-state index < -0.39 is 17.9 Å². The molecule has 212 valence electrons. The Morgan fingerprint density at radius 2 is 1.66 bits per heavy atom. The smallest absolute Gasteiger partial charge is 0.407 e. The number of alkyl carbamates (subject to hydrolysis) is 1. The number of amides is 3. The maximum Gasteiger partial charge on any atom is 0.407 e. The summed E-state index contributed by atoms with van der Waals surface area (Å²) in [6.45, 7) is 3.05. The molecule has 0 saturated heterocycles. The van der Waals surface area contributed by atoms with Crippen molar-refractivity contribution in [2.24, 2.45) is 5.92 Å². The molecule has 10 nitrogen and oxygen atoms in total. The van der Waals surface area contributed by atoms with Gasteiger partial charge in [0.2, 0.25) is 0 Å². The number of aryl methyl sites for hydroxylation is 1. The minimum absolute atomic E-state index is 0.184. The fourth-order valence-electron chi connectivity index (χ4n) is 3.66. The number of rotatable bonds is 12. The molecule has 4 aromatic rings. The van der Waals surface area contributed by atoms with Gasteiger partial charge in [0, 0.05) is 29.9 Å². The third kappa shape index (κ3) is 9.73. The second-order valence-electron chi connectivity index (χ2n) is 9.29. The largest absolute Gasteiger partial charge is 0.489 e. The summed E-state index contributed by atoms with van der Waals surface area (Å²) in [5, 5.41) is 5.22. The highest BCUT2D eigenvalue weighted by molar-refractivity contribution is 7.09. The lowest BCUT2D eigenvalue weighted by molar-refractivity contribution is 0.0844. The average Bonchev–Trinajstić information content (AvgIpc) is 3.50. The van der Waals surface area contributed by atoms with Crippen LogP contribution >= 0.6 is 11.3 Å². The first kappa shape index (κ1) is 29.2. The molecular formula is C30H31N5O5S. The molecule has 41 heavy (non-hydrogen) atoms. The summed E-state index contributed by atoms with van der Waals surface area (Å²) >= 11 is 1.37. The lowest BCUT2D eigenvalue weighted by Gasteiger charge is -2.12. The molecule has 0 aliphatic carbocycles. The molecule has 2 aromatic carbocycles. The zero-order valence-electron chi connectivity index (χ0n) is 22.5. The summed E-state index contributed by atoms with van der Waals surface area (Å²) in [4.78, 5) is 45.4. The highest BCUT2D eigenvalue weighted by Gasteiger charge is 2.14. The van der Waals surface area contributed by atoms with Gasteiger partial charge in [-0.1, -0.05) is 43.3 Å². The van der Waals surface area contributed by atoms with Crippen LogP contribution in [0.1, 0.15) is 50.3 Å². The van der Waals surface area contributed by atoms with Gasteiger partial charge in [0.05, 0.1) is 5.01 Å². The van der Waals surface area contributed by atoms with E-state index in [2.05, 4.69) is 26.1 Å². The molecule has 0 bridgehead atoms. The molecule has 0 fully saturated rings. The van der Waals surface area contributed by atoms with Crippen LogP contribution in [0.4, 0.5) is 4.79 Å². The molecule has 0 aliphatic heterocycles. The summed E-state index contributed by atoms with van der Waals surface area (Å²) in [6.07, 6.45) is 4.33. The zero-order valence-corrected chi connectivity index (χ0v) is 23.4. The van der Waals surface area contributed by atoms with Gasteiger partial charge in [0.1, 0.15) is 24.7 Å². The Bertz CT molecular complexity index is 1430. The molecule has 3 amide bonds. The van der Waals surface area contributed by atoms with E-state index in [1.807, 2.05) is 49.4 Å². The first-order valence-corrected chi connectivity index (χ1v) is 14.0. The van der Waals surface area contributed by atoms with Crippen molar-refractivity contribution in [2.45, 2.75) is 33.0 Å². The van der Waals surface area contributed by atoms with E-state index in [1.54, 1.807) is 42.0 Å². The van der Waals surface area contributed by atoms with Gasteiger partial charge in [-0.2, -0.15) is 0 Å². The maximum atomic E-state index is 12.6. The number of thiazole rings is 1. The monoisotopic (exact) mass is 573 g/mol. The molecule has 2 heterocycles. The standard InChI is InChI=1S/C30H31N5O5S/c1-21(17-32-30(38)40-19-22-6-3-2-4-7-22)10-11-27-33-26(20-41-27)29(37)35-34-28(36)24-8-5-9-25(16-24)39-18-23-12-14-31-15-13-23/h2-9,12-16,20-21H,10-11,17-19H2,1H3,(H,32,38)(H,34,36)(H,35,37). The van der Waals surface area contributed by atoms with Crippen LogP contribution in [-0.2, 0) is 24.4 Å². The van der Waals surface area contributed by atoms with Crippen LogP contribution in [0.25, 0.3) is 0 Å². The number of hydrazine groups is 1. The molecule has 2 aromatic heterocycles. The van der Waals surface area contributed by atoms with E-state index in [9.17, 15) is 14.4 Å². The van der Waals surface area contributed by atoms with E-state index in [-0.39, 0.29) is 18.2 Å². The summed E-state index contributed by atoms with van der Waals surface area (Å²) in [5.74, 6) is -0.281. The van der Waals surface area contributed by atoms with E-state index in [4.69, 9.17) is 9.47 Å². The Morgan fingerprint density at radius 1 is 0.902 bits per heavy atom. The van der Waals surface area contributed by atoms with Crippen LogP contribution in [0.2, 0.25) is 0 Å². The van der Waals surface area contributed by atoms with Crippen molar-refractivity contribution >= 4 is 29.2 Å². The Balaban J connectivity index is 1.15. The summed E-state index contributed by atoms with van der Waals surface area (Å²) in [6, 6.07) is 19.9. The van der Waals surface area contributed by atoms with Crippen molar-refractivity contribution in [3.05, 3.63) is 112 Å². The summed E-state index contributed by atoms with van der Waals surface area (Å²) in [5.41, 5.74) is 7.26. The van der Waals surface area contributed by atoms with Crippen molar-refractivity contribution in [2.75, 3.05) is 6.54 Å². The van der Waals surface area contributed by atoms with Crippen LogP contribution in [0.5, 0.6) is 5.75 Å². The van der Waals surface area contributed by atoms with E-state index >= 15 is 0 Å². The molecule has 0 radical (unpaired) electrons. The van der Waals surface area contributed by atoms with Gasteiger partial charge < -0.3 is 14.8 Å². The number of hydrogen-bond donors (Lipinski definition) is 3. The molecule has 4 rings (SSSR count). The van der Waals surface area contributed by atoms with Crippen molar-refractivity contribution in [1.82, 2.24) is 26.1 Å². The maximum absolute atomic E-state index is 12.6. The van der Waals surface area contributed by atoms with Crippen LogP contribution in [0, 0.1) is 5.92 Å². The van der Waals surface area contributed by atoms with Crippen LogP contribution in [0.3, 0.4) is 0 Å². The van der Waals surface area contributed by atoms with Gasteiger partial charge >= 0.3 is 6.09 Å². The van der Waals surface area contributed by atoms with Crippen LogP contribution < -0.4 is 20.9 Å². The third-order valence-electron chi connectivity index (χ3n) is 5.98. The number of carbonyl (C=O) groups excluding carboxylic acids is 3. The predicted octanol–water partition coefficient (Wildman–Crippen LogP) is 4.69. The number of nitrogens with zero attached hydrogens (tertiary/aromatic N) is 2. The Hall–Kier alpha value is -4.77. The Kier molecular flexibility index (Phi) is 10.8. The van der Waals surface area contributed by atoms with E-state index in [1.165, 1.54) is 11.3 Å². The number of aromatic nitrogens is 2. The molecular weight excluding hydrogens is 542 g/mol. The van der Waals surface area contributed by atoms with Crippen LogP contribution in [-0.4, -0.2) is 34.4 Å². The van der Waals surface area contributed by atoms with Crippen LogP contribution in [0.15, 0.2) is 84.5 Å². The number of pyridine rings is 1. The number of carbonyl (C=O) groups is 3. The minimum atomic E-state index is -0.512. The fourth-order valence-corrected chi connectivity index (χ4v) is 4.45. The van der Waals surface area contributed by atoms with Gasteiger partial charge in [0.15, 0.2) is 0 Å². The number of hydrogen-bond acceptors (Lipinski definition) is 8. The SMILES string of the molecule is CC(CCc1nc(C(=O)NNC(=O)c2cccc(OCc3ccncc3)c2)cs1)CNC(=O)OCc1ccccc1. The van der Waals surface area contributed by atoms with Gasteiger partial charge in [-0.3, -0.25) is 25.4 Å². The zero-order chi connectivity index (χ0) is 28.9. The highest BCUT2D eigenvalue weighted by atomic mass is 32.1. The Labute approximate surface area is 242 Å². The van der Waals surface area contributed by atoms with E-state index in [0.717, 1.165) is 22.6 Å². The van der Waals surface area contributed by atoms with E-state index in [0.29, 0.717) is 30.9 Å². The average molecular weight is 574 g/mol. The van der Waals surface area contributed by atoms with Gasteiger partial charge in [-0.25, -0.2) is 9.78 Å².